The Morgan fingerprint density at radius 2 is 2.29 bits per heavy atom. The monoisotopic (exact) mass is 287 g/mol. The Balaban J connectivity index is 1.78. The van der Waals surface area contributed by atoms with Gasteiger partial charge in [-0.15, -0.1) is 0 Å². The minimum absolute atomic E-state index is 0.452. The molecule has 114 valence electrons. The molecule has 3 rings (SSSR count). The van der Waals surface area contributed by atoms with Crippen LogP contribution in [0.2, 0.25) is 0 Å². The molecule has 0 spiro atoms. The number of likely N-dealkylation sites (tertiary alicyclic amines) is 1. The van der Waals surface area contributed by atoms with Crippen LogP contribution in [0.3, 0.4) is 0 Å². The Hall–Kier alpha value is -1.62. The minimum Gasteiger partial charge on any atom is -0.334 e. The van der Waals surface area contributed by atoms with Crippen molar-refractivity contribution in [2.24, 2.45) is 0 Å². The van der Waals surface area contributed by atoms with Gasteiger partial charge in [-0.05, 0) is 38.3 Å². The summed E-state index contributed by atoms with van der Waals surface area (Å²) >= 11 is 0. The van der Waals surface area contributed by atoms with Crippen molar-refractivity contribution in [2.75, 3.05) is 6.54 Å². The number of H-pyrrole nitrogens is 1. The minimum atomic E-state index is 0.452. The fourth-order valence-electron chi connectivity index (χ4n) is 3.32. The zero-order chi connectivity index (χ0) is 14.7. The van der Waals surface area contributed by atoms with E-state index in [1.54, 1.807) is 0 Å². The summed E-state index contributed by atoms with van der Waals surface area (Å²) < 4.78 is 2.28. The van der Waals surface area contributed by atoms with Crippen LogP contribution in [0.15, 0.2) is 18.6 Å². The van der Waals surface area contributed by atoms with Gasteiger partial charge in [0.1, 0.15) is 5.82 Å². The van der Waals surface area contributed by atoms with Gasteiger partial charge < -0.3 is 4.57 Å². The van der Waals surface area contributed by atoms with Gasteiger partial charge in [-0.25, -0.2) is 4.98 Å². The third-order valence-corrected chi connectivity index (χ3v) is 4.43. The van der Waals surface area contributed by atoms with Crippen LogP contribution in [-0.4, -0.2) is 31.2 Å². The number of aromatic nitrogens is 4. The number of imidazole rings is 1. The molecular formula is C16H25N5. The van der Waals surface area contributed by atoms with Crippen molar-refractivity contribution >= 4 is 0 Å². The van der Waals surface area contributed by atoms with Gasteiger partial charge in [-0.1, -0.05) is 13.3 Å². The van der Waals surface area contributed by atoms with Crippen molar-refractivity contribution < 1.29 is 0 Å². The molecule has 21 heavy (non-hydrogen) atoms. The van der Waals surface area contributed by atoms with Crippen LogP contribution in [0.25, 0.3) is 0 Å². The Kier molecular flexibility index (Phi) is 4.39. The summed E-state index contributed by atoms with van der Waals surface area (Å²) in [6, 6.07) is 0.452. The maximum Gasteiger partial charge on any atom is 0.122 e. The number of nitrogens with zero attached hydrogens (tertiary/aromatic N) is 4. The normalized spacial score (nSPS) is 20.0. The third-order valence-electron chi connectivity index (χ3n) is 4.43. The Labute approximate surface area is 126 Å². The Morgan fingerprint density at radius 3 is 3.05 bits per heavy atom. The highest BCUT2D eigenvalue weighted by Crippen LogP contribution is 2.32. The zero-order valence-corrected chi connectivity index (χ0v) is 13.0. The molecule has 1 saturated heterocycles. The second-order valence-electron chi connectivity index (χ2n) is 5.99. The molecule has 0 amide bonds. The topological polar surface area (TPSA) is 49.7 Å². The van der Waals surface area contributed by atoms with Crippen molar-refractivity contribution in [3.63, 3.8) is 0 Å². The van der Waals surface area contributed by atoms with Crippen molar-refractivity contribution in [1.82, 2.24) is 24.6 Å². The van der Waals surface area contributed by atoms with E-state index in [1.807, 2.05) is 12.4 Å². The predicted molar refractivity (Wildman–Crippen MR) is 82.8 cm³/mol. The van der Waals surface area contributed by atoms with Crippen molar-refractivity contribution in [1.29, 1.82) is 0 Å². The average Bonchev–Trinajstić information content (AvgIpc) is 3.10. The average molecular weight is 287 g/mol. The summed E-state index contributed by atoms with van der Waals surface area (Å²) in [6.45, 7) is 7.47. The van der Waals surface area contributed by atoms with E-state index in [0.29, 0.717) is 6.04 Å². The first-order valence-electron chi connectivity index (χ1n) is 8.03. The molecule has 0 bridgehead atoms. The standard InChI is InChI=1S/C16H25N5/c1-3-8-20-10-7-17-15(20)12-21-9-5-4-6-14(21)16-13(2)11-18-19-16/h7,10-11,14H,3-6,8-9,12H2,1-2H3,(H,18,19). The summed E-state index contributed by atoms with van der Waals surface area (Å²) in [5.74, 6) is 1.18. The molecule has 1 aliphatic heterocycles. The van der Waals surface area contributed by atoms with E-state index in [0.717, 1.165) is 26.1 Å². The van der Waals surface area contributed by atoms with Gasteiger partial charge in [-0.2, -0.15) is 5.10 Å². The summed E-state index contributed by atoms with van der Waals surface area (Å²) in [7, 11) is 0. The van der Waals surface area contributed by atoms with Crippen molar-refractivity contribution in [2.45, 2.75) is 58.7 Å². The number of hydrogen-bond acceptors (Lipinski definition) is 3. The van der Waals surface area contributed by atoms with Gasteiger partial charge in [0.2, 0.25) is 0 Å². The summed E-state index contributed by atoms with van der Waals surface area (Å²) in [4.78, 5) is 7.12. The third kappa shape index (κ3) is 3.02. The summed E-state index contributed by atoms with van der Waals surface area (Å²) in [5, 5.41) is 7.41. The molecule has 5 heteroatoms. The molecule has 3 heterocycles. The molecule has 0 aliphatic carbocycles. The molecule has 5 nitrogen and oxygen atoms in total. The molecule has 2 aromatic rings. The highest BCUT2D eigenvalue weighted by molar-refractivity contribution is 5.18. The maximum absolute atomic E-state index is 4.56. The van der Waals surface area contributed by atoms with Crippen LogP contribution in [0, 0.1) is 6.92 Å². The number of rotatable bonds is 5. The van der Waals surface area contributed by atoms with Crippen LogP contribution >= 0.6 is 0 Å². The van der Waals surface area contributed by atoms with Gasteiger partial charge >= 0.3 is 0 Å². The van der Waals surface area contributed by atoms with Crippen LogP contribution in [-0.2, 0) is 13.1 Å². The second kappa shape index (κ2) is 6.43. The Bertz CT molecular complexity index is 571. The summed E-state index contributed by atoms with van der Waals surface area (Å²) in [5.41, 5.74) is 2.55. The van der Waals surface area contributed by atoms with E-state index in [2.05, 4.69) is 44.7 Å². The Morgan fingerprint density at radius 1 is 1.38 bits per heavy atom. The molecule has 1 N–H and O–H groups in total. The highest BCUT2D eigenvalue weighted by atomic mass is 15.2. The van der Waals surface area contributed by atoms with Gasteiger partial charge in [0.25, 0.3) is 0 Å². The molecule has 1 atom stereocenters. The van der Waals surface area contributed by atoms with Crippen LogP contribution in [0.5, 0.6) is 0 Å². The molecule has 0 saturated carbocycles. The number of aryl methyl sites for hydroxylation is 2. The molecule has 1 fully saturated rings. The van der Waals surface area contributed by atoms with Crippen LogP contribution in [0.4, 0.5) is 0 Å². The molecule has 2 aromatic heterocycles. The first-order chi connectivity index (χ1) is 10.3. The largest absolute Gasteiger partial charge is 0.334 e. The molecule has 0 aromatic carbocycles. The lowest BCUT2D eigenvalue weighted by molar-refractivity contribution is 0.131. The maximum atomic E-state index is 4.56. The highest BCUT2D eigenvalue weighted by Gasteiger charge is 2.27. The van der Waals surface area contributed by atoms with E-state index >= 15 is 0 Å². The van der Waals surface area contributed by atoms with Crippen LogP contribution < -0.4 is 0 Å². The second-order valence-corrected chi connectivity index (χ2v) is 5.99. The van der Waals surface area contributed by atoms with Gasteiger partial charge in [0, 0.05) is 18.9 Å². The number of piperidine rings is 1. The lowest BCUT2D eigenvalue weighted by atomic mass is 9.97. The lowest BCUT2D eigenvalue weighted by Gasteiger charge is -2.35. The van der Waals surface area contributed by atoms with Gasteiger partial charge in [-0.3, -0.25) is 10.00 Å². The van der Waals surface area contributed by atoms with Crippen molar-refractivity contribution in [3.05, 3.63) is 35.7 Å². The number of nitrogens with one attached hydrogen (secondary N) is 1. The van der Waals surface area contributed by atoms with E-state index in [9.17, 15) is 0 Å². The molecule has 0 radical (unpaired) electrons. The van der Waals surface area contributed by atoms with E-state index in [-0.39, 0.29) is 0 Å². The number of aromatic amines is 1. The quantitative estimate of drug-likeness (QED) is 0.919. The molecular weight excluding hydrogens is 262 g/mol. The fourth-order valence-corrected chi connectivity index (χ4v) is 3.32. The lowest BCUT2D eigenvalue weighted by Crippen LogP contribution is -2.34. The first-order valence-corrected chi connectivity index (χ1v) is 8.03. The van der Waals surface area contributed by atoms with Crippen molar-refractivity contribution in [3.8, 4) is 0 Å². The van der Waals surface area contributed by atoms with E-state index in [4.69, 9.17) is 0 Å². The fraction of sp³-hybridized carbons (Fsp3) is 0.625. The molecule has 1 aliphatic rings. The number of hydrogen-bond donors (Lipinski definition) is 1. The zero-order valence-electron chi connectivity index (χ0n) is 13.0. The van der Waals surface area contributed by atoms with Gasteiger partial charge in [0.15, 0.2) is 0 Å². The van der Waals surface area contributed by atoms with Gasteiger partial charge in [0.05, 0.1) is 24.5 Å². The first kappa shape index (κ1) is 14.3. The van der Waals surface area contributed by atoms with Crippen LogP contribution in [0.1, 0.15) is 55.7 Å². The SMILES string of the molecule is CCCn1ccnc1CN1CCCCC1c1[nH]ncc1C. The summed E-state index contributed by atoms with van der Waals surface area (Å²) in [6.07, 6.45) is 10.9. The smallest absolute Gasteiger partial charge is 0.122 e. The van der Waals surface area contributed by atoms with E-state index in [1.165, 1.54) is 36.3 Å². The molecule has 1 unspecified atom stereocenters. The predicted octanol–water partition coefficient (Wildman–Crippen LogP) is 3.05. The van der Waals surface area contributed by atoms with E-state index < -0.39 is 0 Å².